The normalized spacial score (nSPS) is 11.8. The number of benzene rings is 2. The van der Waals surface area contributed by atoms with Crippen LogP contribution in [0.2, 0.25) is 0 Å². The number of halogens is 4. The van der Waals surface area contributed by atoms with Crippen LogP contribution in [0.5, 0.6) is 0 Å². The van der Waals surface area contributed by atoms with E-state index in [1.807, 2.05) is 32.0 Å². The smallest absolute Gasteiger partial charge is 0.339 e. The number of hydrogen-bond donors (Lipinski definition) is 1. The number of aromatic nitrogens is 2. The SMILES string of the molecule is Cc1ccc(F)c(-c2nc3cccc(C(F)(F)F)n3c2Nc2c(C)cccc2C)c1. The highest BCUT2D eigenvalue weighted by atomic mass is 19.4. The second-order valence-electron chi connectivity index (χ2n) is 7.29. The quantitative estimate of drug-likeness (QED) is 0.373. The van der Waals surface area contributed by atoms with Gasteiger partial charge < -0.3 is 5.32 Å². The molecule has 0 radical (unpaired) electrons. The van der Waals surface area contributed by atoms with Crippen LogP contribution in [0.25, 0.3) is 16.9 Å². The van der Waals surface area contributed by atoms with Crippen molar-refractivity contribution in [2.45, 2.75) is 26.9 Å². The Hall–Kier alpha value is -3.35. The zero-order valence-electron chi connectivity index (χ0n) is 16.6. The van der Waals surface area contributed by atoms with Crippen LogP contribution in [-0.2, 0) is 6.18 Å². The van der Waals surface area contributed by atoms with Gasteiger partial charge in [0.05, 0.1) is 0 Å². The van der Waals surface area contributed by atoms with Gasteiger partial charge in [-0.25, -0.2) is 9.37 Å². The summed E-state index contributed by atoms with van der Waals surface area (Å²) < 4.78 is 57.1. The molecule has 7 heteroatoms. The van der Waals surface area contributed by atoms with Crippen molar-refractivity contribution < 1.29 is 17.6 Å². The van der Waals surface area contributed by atoms with E-state index >= 15 is 0 Å². The summed E-state index contributed by atoms with van der Waals surface area (Å²) in [7, 11) is 0. The number of nitrogens with one attached hydrogen (secondary N) is 1. The van der Waals surface area contributed by atoms with Crippen LogP contribution in [-0.4, -0.2) is 9.38 Å². The van der Waals surface area contributed by atoms with Crippen LogP contribution < -0.4 is 5.32 Å². The van der Waals surface area contributed by atoms with Crippen molar-refractivity contribution in [3.8, 4) is 11.3 Å². The molecule has 1 N–H and O–H groups in total. The van der Waals surface area contributed by atoms with Crippen LogP contribution >= 0.6 is 0 Å². The molecule has 0 amide bonds. The summed E-state index contributed by atoms with van der Waals surface area (Å²) in [4.78, 5) is 4.37. The van der Waals surface area contributed by atoms with E-state index in [1.165, 1.54) is 18.2 Å². The predicted molar refractivity (Wildman–Crippen MR) is 110 cm³/mol. The molecule has 0 saturated carbocycles. The number of imidazole rings is 1. The standard InChI is InChI=1S/C23H19F4N3/c1-13-10-11-17(24)16(12-13)21-22(29-20-14(2)6-4-7-15(20)3)30-18(23(25,26)27)8-5-9-19(30)28-21/h4-12,29H,1-3H3. The monoisotopic (exact) mass is 413 g/mol. The van der Waals surface area contributed by atoms with Crippen molar-refractivity contribution in [1.82, 2.24) is 9.38 Å². The molecule has 0 bridgehead atoms. The average Bonchev–Trinajstić information content (AvgIpc) is 3.04. The molecule has 4 aromatic rings. The number of pyridine rings is 1. The maximum absolute atomic E-state index is 14.7. The zero-order chi connectivity index (χ0) is 21.6. The van der Waals surface area contributed by atoms with E-state index in [2.05, 4.69) is 10.3 Å². The molecule has 0 saturated heterocycles. The first-order valence-corrected chi connectivity index (χ1v) is 9.35. The molecular weight excluding hydrogens is 394 g/mol. The largest absolute Gasteiger partial charge is 0.431 e. The number of fused-ring (bicyclic) bond motifs is 1. The fourth-order valence-electron chi connectivity index (χ4n) is 3.57. The van der Waals surface area contributed by atoms with Gasteiger partial charge in [0.2, 0.25) is 0 Å². The minimum absolute atomic E-state index is 0.0693. The molecule has 2 heterocycles. The second kappa shape index (κ2) is 7.16. The van der Waals surface area contributed by atoms with Gasteiger partial charge in [-0.05, 0) is 56.2 Å². The first-order valence-electron chi connectivity index (χ1n) is 9.35. The van der Waals surface area contributed by atoms with E-state index in [1.54, 1.807) is 19.1 Å². The van der Waals surface area contributed by atoms with Gasteiger partial charge in [-0.3, -0.25) is 4.40 Å². The lowest BCUT2D eigenvalue weighted by Gasteiger charge is -2.17. The minimum atomic E-state index is -4.61. The highest BCUT2D eigenvalue weighted by molar-refractivity contribution is 5.82. The molecule has 0 aliphatic rings. The topological polar surface area (TPSA) is 29.3 Å². The summed E-state index contributed by atoms with van der Waals surface area (Å²) in [5.41, 5.74) is 2.59. The first-order chi connectivity index (χ1) is 14.2. The van der Waals surface area contributed by atoms with Gasteiger partial charge in [0.1, 0.15) is 28.7 Å². The minimum Gasteiger partial charge on any atom is -0.339 e. The third kappa shape index (κ3) is 3.40. The van der Waals surface area contributed by atoms with Crippen LogP contribution in [0, 0.1) is 26.6 Å². The molecule has 154 valence electrons. The van der Waals surface area contributed by atoms with Gasteiger partial charge in [-0.15, -0.1) is 0 Å². The first kappa shape index (κ1) is 19.9. The van der Waals surface area contributed by atoms with Crippen molar-refractivity contribution in [3.05, 3.63) is 82.8 Å². The molecule has 2 aromatic carbocycles. The van der Waals surface area contributed by atoms with Crippen LogP contribution in [0.1, 0.15) is 22.4 Å². The summed E-state index contributed by atoms with van der Waals surface area (Å²) in [5, 5.41) is 3.12. The lowest BCUT2D eigenvalue weighted by Crippen LogP contribution is -2.13. The molecule has 0 aliphatic heterocycles. The van der Waals surface area contributed by atoms with Gasteiger partial charge in [-0.1, -0.05) is 35.9 Å². The van der Waals surface area contributed by atoms with E-state index in [4.69, 9.17) is 0 Å². The third-order valence-corrected chi connectivity index (χ3v) is 5.04. The van der Waals surface area contributed by atoms with Crippen molar-refractivity contribution in [2.75, 3.05) is 5.32 Å². The number of nitrogens with zero attached hydrogens (tertiary/aromatic N) is 2. The van der Waals surface area contributed by atoms with Crippen molar-refractivity contribution in [2.24, 2.45) is 0 Å². The number of rotatable bonds is 3. The highest BCUT2D eigenvalue weighted by Gasteiger charge is 2.35. The van der Waals surface area contributed by atoms with Crippen LogP contribution in [0.4, 0.5) is 29.1 Å². The molecule has 0 unspecified atom stereocenters. The number of hydrogen-bond acceptors (Lipinski definition) is 2. The van der Waals surface area contributed by atoms with E-state index in [0.717, 1.165) is 27.2 Å². The lowest BCUT2D eigenvalue weighted by atomic mass is 10.1. The number of anilines is 2. The summed E-state index contributed by atoms with van der Waals surface area (Å²) in [6, 6.07) is 13.8. The Labute approximate surface area is 171 Å². The number of alkyl halides is 3. The van der Waals surface area contributed by atoms with E-state index in [-0.39, 0.29) is 22.7 Å². The lowest BCUT2D eigenvalue weighted by molar-refractivity contribution is -0.141. The fourth-order valence-corrected chi connectivity index (χ4v) is 3.57. The average molecular weight is 413 g/mol. The summed E-state index contributed by atoms with van der Waals surface area (Å²) in [5.74, 6) is -0.484. The Morgan fingerprint density at radius 3 is 2.23 bits per heavy atom. The van der Waals surface area contributed by atoms with Gasteiger partial charge in [-0.2, -0.15) is 13.2 Å². The summed E-state index contributed by atoms with van der Waals surface area (Å²) in [6.45, 7) is 5.50. The van der Waals surface area contributed by atoms with Crippen LogP contribution in [0.15, 0.2) is 54.6 Å². The van der Waals surface area contributed by atoms with E-state index in [9.17, 15) is 17.6 Å². The summed E-state index contributed by atoms with van der Waals surface area (Å²) in [6.07, 6.45) is -4.61. The summed E-state index contributed by atoms with van der Waals surface area (Å²) >= 11 is 0. The molecular formula is C23H19F4N3. The Balaban J connectivity index is 2.07. The number of aryl methyl sites for hydroxylation is 3. The molecule has 30 heavy (non-hydrogen) atoms. The molecule has 0 fully saturated rings. The highest BCUT2D eigenvalue weighted by Crippen LogP contribution is 2.39. The van der Waals surface area contributed by atoms with Crippen molar-refractivity contribution in [1.29, 1.82) is 0 Å². The fraction of sp³-hybridized carbons (Fsp3) is 0.174. The molecule has 0 spiro atoms. The van der Waals surface area contributed by atoms with E-state index in [0.29, 0.717) is 5.69 Å². The molecule has 0 atom stereocenters. The van der Waals surface area contributed by atoms with Crippen LogP contribution in [0.3, 0.4) is 0 Å². The predicted octanol–water partition coefficient (Wildman–Crippen LogP) is 6.83. The molecule has 0 aliphatic carbocycles. The Morgan fingerprint density at radius 1 is 0.900 bits per heavy atom. The Bertz CT molecular complexity index is 1240. The number of para-hydroxylation sites is 1. The molecule has 2 aromatic heterocycles. The maximum Gasteiger partial charge on any atom is 0.431 e. The zero-order valence-corrected chi connectivity index (χ0v) is 16.6. The van der Waals surface area contributed by atoms with Crippen molar-refractivity contribution in [3.63, 3.8) is 0 Å². The second-order valence-corrected chi connectivity index (χ2v) is 7.29. The van der Waals surface area contributed by atoms with Gasteiger partial charge in [0, 0.05) is 11.3 Å². The van der Waals surface area contributed by atoms with Crippen molar-refractivity contribution >= 4 is 17.2 Å². The third-order valence-electron chi connectivity index (χ3n) is 5.04. The molecule has 4 rings (SSSR count). The van der Waals surface area contributed by atoms with Gasteiger partial charge in [0.25, 0.3) is 0 Å². The molecule has 3 nitrogen and oxygen atoms in total. The van der Waals surface area contributed by atoms with Gasteiger partial charge >= 0.3 is 6.18 Å². The Morgan fingerprint density at radius 2 is 1.57 bits per heavy atom. The van der Waals surface area contributed by atoms with E-state index < -0.39 is 17.7 Å². The Kier molecular flexibility index (Phi) is 4.76. The van der Waals surface area contributed by atoms with Gasteiger partial charge in [0.15, 0.2) is 0 Å². The maximum atomic E-state index is 14.7.